The van der Waals surface area contributed by atoms with Gasteiger partial charge in [-0.05, 0) is 32.4 Å². The molecule has 2 aromatic rings. The molecular weight excluding hydrogens is 336 g/mol. The molecule has 0 spiro atoms. The number of fused-ring (bicyclic) bond motifs is 1. The third-order valence-electron chi connectivity index (χ3n) is 3.01. The van der Waals surface area contributed by atoms with Gasteiger partial charge in [0.2, 0.25) is 0 Å². The molecule has 2 rings (SSSR count). The predicted molar refractivity (Wildman–Crippen MR) is 104 cm³/mol. The van der Waals surface area contributed by atoms with Crippen LogP contribution in [-0.2, 0) is 6.61 Å². The minimum absolute atomic E-state index is 0.109. The van der Waals surface area contributed by atoms with Gasteiger partial charge in [-0.2, -0.15) is 0 Å². The summed E-state index contributed by atoms with van der Waals surface area (Å²) >= 11 is 1.53. The molecule has 2 heterocycles. The van der Waals surface area contributed by atoms with Crippen molar-refractivity contribution in [3.63, 3.8) is 0 Å². The number of anilines is 1. The van der Waals surface area contributed by atoms with Crippen molar-refractivity contribution < 1.29 is 10.2 Å². The van der Waals surface area contributed by atoms with Gasteiger partial charge in [-0.1, -0.05) is 42.5 Å². The predicted octanol–water partition coefficient (Wildman–Crippen LogP) is 3.32. The second-order valence-electron chi connectivity index (χ2n) is 5.29. The van der Waals surface area contributed by atoms with Crippen LogP contribution in [-0.4, -0.2) is 31.9 Å². The molecule has 0 aliphatic carbocycles. The molecule has 0 atom stereocenters. The third-order valence-corrected chi connectivity index (χ3v) is 4.11. The molecule has 0 radical (unpaired) electrons. The third kappa shape index (κ3) is 6.04. The highest BCUT2D eigenvalue weighted by Gasteiger charge is 2.14. The lowest BCUT2D eigenvalue weighted by Gasteiger charge is -2.02. The van der Waals surface area contributed by atoms with Gasteiger partial charge in [0.25, 0.3) is 0 Å². The van der Waals surface area contributed by atoms with Crippen LogP contribution in [0.15, 0.2) is 51.9 Å². The highest BCUT2D eigenvalue weighted by atomic mass is 32.2. The second-order valence-corrected chi connectivity index (χ2v) is 6.37. The van der Waals surface area contributed by atoms with Crippen LogP contribution in [0.1, 0.15) is 32.9 Å². The molecule has 0 bridgehead atoms. The molecule has 0 fully saturated rings. The summed E-state index contributed by atoms with van der Waals surface area (Å²) in [7, 11) is 1.00. The van der Waals surface area contributed by atoms with Gasteiger partial charge in [0.15, 0.2) is 11.5 Å². The van der Waals surface area contributed by atoms with E-state index in [1.807, 2.05) is 0 Å². The normalized spacial score (nSPS) is 11.5. The number of allylic oxidation sites excluding steroid dienone is 5. The standard InChI is InChI=1S/C17H22N4OS.CH4O/c1-4-5-6-14(8-7-12(2)3)23-15-16(18)20-21-10-9-13(11-22)19-17(15)21;1-2/h5-10,22H,4,11H2,1-3H3,(H2,18,20);2H,1H3/b6-5-,14-8+;. The molecule has 0 amide bonds. The number of nitrogens with two attached hydrogens (primary N) is 1. The van der Waals surface area contributed by atoms with Crippen LogP contribution in [0.3, 0.4) is 0 Å². The fourth-order valence-corrected chi connectivity index (χ4v) is 2.79. The van der Waals surface area contributed by atoms with Crippen molar-refractivity contribution in [3.05, 3.63) is 52.7 Å². The lowest BCUT2D eigenvalue weighted by atomic mass is 10.3. The summed E-state index contributed by atoms with van der Waals surface area (Å²) in [6.45, 7) is 6.10. The summed E-state index contributed by atoms with van der Waals surface area (Å²) in [6, 6.07) is 1.73. The van der Waals surface area contributed by atoms with Gasteiger partial charge < -0.3 is 15.9 Å². The Morgan fingerprint density at radius 2 is 2.04 bits per heavy atom. The van der Waals surface area contributed by atoms with E-state index in [-0.39, 0.29) is 6.61 Å². The topological polar surface area (TPSA) is 96.7 Å². The van der Waals surface area contributed by atoms with E-state index in [0.717, 1.165) is 23.3 Å². The molecule has 0 unspecified atom stereocenters. The fraction of sp³-hybridized carbons (Fsp3) is 0.333. The van der Waals surface area contributed by atoms with Gasteiger partial charge in [0.1, 0.15) is 4.90 Å². The molecule has 6 nitrogen and oxygen atoms in total. The van der Waals surface area contributed by atoms with Crippen LogP contribution in [0.4, 0.5) is 5.82 Å². The molecule has 7 heteroatoms. The van der Waals surface area contributed by atoms with Crippen molar-refractivity contribution in [2.24, 2.45) is 0 Å². The molecule has 0 aromatic carbocycles. The van der Waals surface area contributed by atoms with Crippen LogP contribution < -0.4 is 5.73 Å². The molecule has 0 saturated heterocycles. The lowest BCUT2D eigenvalue weighted by Crippen LogP contribution is -1.95. The summed E-state index contributed by atoms with van der Waals surface area (Å²) in [6.07, 6.45) is 11.0. The number of thioether (sulfide) groups is 1. The van der Waals surface area contributed by atoms with Gasteiger partial charge in [-0.3, -0.25) is 0 Å². The lowest BCUT2D eigenvalue weighted by molar-refractivity contribution is 0.277. The van der Waals surface area contributed by atoms with E-state index in [1.165, 1.54) is 17.3 Å². The molecule has 25 heavy (non-hydrogen) atoms. The monoisotopic (exact) mass is 362 g/mol. The Kier molecular flexibility index (Phi) is 8.98. The number of hydrogen-bond donors (Lipinski definition) is 3. The number of nitrogens with zero attached hydrogens (tertiary/aromatic N) is 3. The van der Waals surface area contributed by atoms with Crippen LogP contribution >= 0.6 is 11.8 Å². The maximum Gasteiger partial charge on any atom is 0.171 e. The quantitative estimate of drug-likeness (QED) is 0.539. The van der Waals surface area contributed by atoms with Crippen molar-refractivity contribution >= 4 is 23.2 Å². The van der Waals surface area contributed by atoms with Gasteiger partial charge in [0, 0.05) is 18.2 Å². The van der Waals surface area contributed by atoms with E-state index in [0.29, 0.717) is 17.2 Å². The van der Waals surface area contributed by atoms with Crippen molar-refractivity contribution in [3.8, 4) is 0 Å². The van der Waals surface area contributed by atoms with Crippen molar-refractivity contribution in [1.82, 2.24) is 14.6 Å². The first-order chi connectivity index (χ1) is 12.0. The Bertz CT molecular complexity index is 775. The summed E-state index contributed by atoms with van der Waals surface area (Å²) in [5.41, 5.74) is 8.53. The average molecular weight is 362 g/mol. The van der Waals surface area contributed by atoms with Crippen molar-refractivity contribution in [2.75, 3.05) is 12.8 Å². The Morgan fingerprint density at radius 1 is 1.32 bits per heavy atom. The zero-order valence-electron chi connectivity index (χ0n) is 15.1. The Balaban J connectivity index is 0.00000151. The zero-order chi connectivity index (χ0) is 18.8. The second kappa shape index (κ2) is 10.7. The summed E-state index contributed by atoms with van der Waals surface area (Å²) in [4.78, 5) is 6.29. The van der Waals surface area contributed by atoms with Crippen LogP contribution in [0.25, 0.3) is 5.65 Å². The smallest absolute Gasteiger partial charge is 0.171 e. The van der Waals surface area contributed by atoms with Crippen molar-refractivity contribution in [1.29, 1.82) is 0 Å². The molecule has 0 saturated carbocycles. The first-order valence-corrected chi connectivity index (χ1v) is 8.75. The zero-order valence-corrected chi connectivity index (χ0v) is 15.9. The SMILES string of the molecule is CC/C=C\C(=C/C=C(C)C)Sc1c(N)nn2ccc(CO)nc12.CO. The van der Waals surface area contributed by atoms with Crippen molar-refractivity contribution in [2.45, 2.75) is 38.7 Å². The molecular formula is C18H26N4O2S. The van der Waals surface area contributed by atoms with Crippen LogP contribution in [0.5, 0.6) is 0 Å². The largest absolute Gasteiger partial charge is 0.400 e. The molecule has 136 valence electrons. The first kappa shape index (κ1) is 21.0. The Hall–Kier alpha value is -2.09. The number of aliphatic hydroxyl groups excluding tert-OH is 2. The van der Waals surface area contributed by atoms with E-state index in [2.05, 4.69) is 55.2 Å². The van der Waals surface area contributed by atoms with Gasteiger partial charge in [-0.15, -0.1) is 5.10 Å². The summed E-state index contributed by atoms with van der Waals surface area (Å²) in [5, 5.41) is 20.6. The van der Waals surface area contributed by atoms with Crippen LogP contribution in [0, 0.1) is 0 Å². The van der Waals surface area contributed by atoms with E-state index in [1.54, 1.807) is 16.8 Å². The van der Waals surface area contributed by atoms with E-state index in [9.17, 15) is 5.11 Å². The number of aliphatic hydroxyl groups is 2. The highest BCUT2D eigenvalue weighted by molar-refractivity contribution is 8.03. The maximum atomic E-state index is 9.28. The Labute approximate surface area is 152 Å². The van der Waals surface area contributed by atoms with E-state index in [4.69, 9.17) is 10.8 Å². The van der Waals surface area contributed by atoms with Gasteiger partial charge in [-0.25, -0.2) is 9.50 Å². The van der Waals surface area contributed by atoms with Gasteiger partial charge >= 0.3 is 0 Å². The number of hydrogen-bond acceptors (Lipinski definition) is 6. The van der Waals surface area contributed by atoms with Crippen LogP contribution in [0.2, 0.25) is 0 Å². The summed E-state index contributed by atoms with van der Waals surface area (Å²) in [5.74, 6) is 0.436. The molecule has 4 N–H and O–H groups in total. The van der Waals surface area contributed by atoms with Gasteiger partial charge in [0.05, 0.1) is 12.3 Å². The number of nitrogen functional groups attached to an aromatic ring is 1. The fourth-order valence-electron chi connectivity index (χ4n) is 1.87. The highest BCUT2D eigenvalue weighted by Crippen LogP contribution is 2.35. The number of rotatable bonds is 6. The molecule has 0 aliphatic rings. The number of aromatic nitrogens is 3. The first-order valence-electron chi connectivity index (χ1n) is 7.94. The summed E-state index contributed by atoms with van der Waals surface area (Å²) < 4.78 is 1.64. The maximum absolute atomic E-state index is 9.28. The molecule has 0 aliphatic heterocycles. The minimum Gasteiger partial charge on any atom is -0.400 e. The minimum atomic E-state index is -0.109. The molecule has 2 aromatic heterocycles. The van der Waals surface area contributed by atoms with E-state index < -0.39 is 0 Å². The average Bonchev–Trinajstić information content (AvgIpc) is 2.93. The van der Waals surface area contributed by atoms with E-state index >= 15 is 0 Å². The Morgan fingerprint density at radius 3 is 2.64 bits per heavy atom.